The lowest BCUT2D eigenvalue weighted by molar-refractivity contribution is 0.107. The van der Waals surface area contributed by atoms with Gasteiger partial charge < -0.3 is 24.4 Å². The van der Waals surface area contributed by atoms with Crippen LogP contribution >= 0.6 is 0 Å². The third-order valence-corrected chi connectivity index (χ3v) is 3.76. The molecule has 0 aliphatic carbocycles. The van der Waals surface area contributed by atoms with E-state index in [2.05, 4.69) is 6.07 Å². The number of nitriles is 1. The lowest BCUT2D eigenvalue weighted by Gasteiger charge is -2.13. The monoisotopic (exact) mass is 338 g/mol. The average molecular weight is 338 g/mol. The minimum absolute atomic E-state index is 0.265. The molecule has 0 radical (unpaired) electrons. The Kier molecular flexibility index (Phi) is 5.91. The molecule has 2 N–H and O–H groups in total. The summed E-state index contributed by atoms with van der Waals surface area (Å²) in [4.78, 5) is 0. The highest BCUT2D eigenvalue weighted by molar-refractivity contribution is 6.36. The molecular formula is C18H19BN2O4. The van der Waals surface area contributed by atoms with Crippen molar-refractivity contribution in [2.75, 3.05) is 18.9 Å². The van der Waals surface area contributed by atoms with Crippen molar-refractivity contribution in [3.8, 4) is 17.6 Å². The Labute approximate surface area is 147 Å². The van der Waals surface area contributed by atoms with E-state index in [1.54, 1.807) is 36.4 Å². The van der Waals surface area contributed by atoms with Crippen molar-refractivity contribution in [3.63, 3.8) is 0 Å². The van der Waals surface area contributed by atoms with Crippen molar-refractivity contribution in [1.82, 2.24) is 0 Å². The molecule has 1 aliphatic rings. The number of anilines is 1. The van der Waals surface area contributed by atoms with Gasteiger partial charge in [0.05, 0.1) is 18.2 Å². The number of nitrogen functional groups attached to an aromatic ring is 1. The SMILES string of the molecule is N#Cc1ccc(Oc2ccc(N)c(COB3OCCCCO3)c2)cc1. The Bertz CT molecular complexity index is 738. The highest BCUT2D eigenvalue weighted by atomic mass is 16.7. The van der Waals surface area contributed by atoms with Gasteiger partial charge in [-0.3, -0.25) is 0 Å². The zero-order chi connectivity index (χ0) is 17.5. The third kappa shape index (κ3) is 4.97. The Morgan fingerprint density at radius 2 is 1.72 bits per heavy atom. The van der Waals surface area contributed by atoms with Gasteiger partial charge in [-0.15, -0.1) is 0 Å². The fourth-order valence-corrected chi connectivity index (χ4v) is 2.37. The first-order valence-electron chi connectivity index (χ1n) is 8.16. The van der Waals surface area contributed by atoms with E-state index in [0.717, 1.165) is 18.4 Å². The van der Waals surface area contributed by atoms with Gasteiger partial charge in [0.25, 0.3) is 0 Å². The van der Waals surface area contributed by atoms with Crippen molar-refractivity contribution < 1.29 is 18.7 Å². The maximum absolute atomic E-state index is 8.83. The normalized spacial score (nSPS) is 14.6. The Balaban J connectivity index is 1.64. The largest absolute Gasteiger partial charge is 0.639 e. The zero-order valence-corrected chi connectivity index (χ0v) is 13.8. The summed E-state index contributed by atoms with van der Waals surface area (Å²) in [6.45, 7) is 1.52. The molecular weight excluding hydrogens is 319 g/mol. The quantitative estimate of drug-likeness (QED) is 0.665. The summed E-state index contributed by atoms with van der Waals surface area (Å²) in [6.07, 6.45) is 1.94. The minimum atomic E-state index is -0.662. The number of hydrogen-bond donors (Lipinski definition) is 1. The van der Waals surface area contributed by atoms with Crippen molar-refractivity contribution in [2.45, 2.75) is 19.4 Å². The summed E-state index contributed by atoms with van der Waals surface area (Å²) in [6, 6.07) is 14.4. The molecule has 2 aromatic rings. The van der Waals surface area contributed by atoms with Crippen molar-refractivity contribution in [1.29, 1.82) is 5.26 Å². The van der Waals surface area contributed by atoms with Crippen molar-refractivity contribution >= 4 is 13.0 Å². The van der Waals surface area contributed by atoms with E-state index in [0.29, 0.717) is 36.0 Å². The molecule has 6 nitrogen and oxygen atoms in total. The smallest absolute Gasteiger partial charge is 0.457 e. The number of ether oxygens (including phenoxy) is 1. The van der Waals surface area contributed by atoms with Gasteiger partial charge >= 0.3 is 7.32 Å². The first kappa shape index (κ1) is 17.3. The van der Waals surface area contributed by atoms with Crippen LogP contribution in [0.25, 0.3) is 0 Å². The van der Waals surface area contributed by atoms with Crippen LogP contribution in [-0.2, 0) is 20.6 Å². The fourth-order valence-electron chi connectivity index (χ4n) is 2.37. The van der Waals surface area contributed by atoms with Crippen LogP contribution in [0.15, 0.2) is 42.5 Å². The van der Waals surface area contributed by atoms with E-state index in [4.69, 9.17) is 29.7 Å². The van der Waals surface area contributed by atoms with Crippen LogP contribution in [0.5, 0.6) is 11.5 Å². The lowest BCUT2D eigenvalue weighted by atomic mass is 10.1. The van der Waals surface area contributed by atoms with Crippen LogP contribution in [0.3, 0.4) is 0 Å². The predicted molar refractivity (Wildman–Crippen MR) is 93.8 cm³/mol. The summed E-state index contributed by atoms with van der Waals surface area (Å²) in [5.41, 5.74) is 8.01. The summed E-state index contributed by atoms with van der Waals surface area (Å²) < 4.78 is 22.4. The Morgan fingerprint density at radius 3 is 2.40 bits per heavy atom. The number of rotatable bonds is 5. The van der Waals surface area contributed by atoms with Crippen LogP contribution in [0.4, 0.5) is 5.69 Å². The summed E-state index contributed by atoms with van der Waals surface area (Å²) in [5.74, 6) is 1.28. The van der Waals surface area contributed by atoms with E-state index in [1.807, 2.05) is 6.07 Å². The molecule has 25 heavy (non-hydrogen) atoms. The molecule has 0 unspecified atom stereocenters. The van der Waals surface area contributed by atoms with E-state index >= 15 is 0 Å². The topological polar surface area (TPSA) is 86.7 Å². The summed E-state index contributed by atoms with van der Waals surface area (Å²) in [5, 5.41) is 8.83. The van der Waals surface area contributed by atoms with Gasteiger partial charge in [0.15, 0.2) is 0 Å². The van der Waals surface area contributed by atoms with Crippen molar-refractivity contribution in [2.24, 2.45) is 0 Å². The standard InChI is InChI=1S/C18H19BN2O4/c20-12-14-3-5-16(6-4-14)25-17-7-8-18(21)15(11-17)13-24-19-22-9-1-2-10-23-19/h3-8,11H,1-2,9-10,13,21H2. The van der Waals surface area contributed by atoms with Gasteiger partial charge in [-0.2, -0.15) is 5.26 Å². The van der Waals surface area contributed by atoms with E-state index in [9.17, 15) is 0 Å². The minimum Gasteiger partial charge on any atom is -0.457 e. The van der Waals surface area contributed by atoms with Gasteiger partial charge in [0, 0.05) is 24.5 Å². The van der Waals surface area contributed by atoms with E-state index in [1.165, 1.54) is 0 Å². The van der Waals surface area contributed by atoms with Crippen LogP contribution in [0, 0.1) is 11.3 Å². The molecule has 7 heteroatoms. The number of nitrogens with two attached hydrogens (primary N) is 1. The zero-order valence-electron chi connectivity index (χ0n) is 13.8. The first-order chi connectivity index (χ1) is 12.2. The van der Waals surface area contributed by atoms with Gasteiger partial charge in [-0.05, 0) is 55.3 Å². The van der Waals surface area contributed by atoms with Crippen LogP contribution < -0.4 is 10.5 Å². The number of hydrogen-bond acceptors (Lipinski definition) is 6. The molecule has 0 spiro atoms. The van der Waals surface area contributed by atoms with Gasteiger partial charge in [0.1, 0.15) is 11.5 Å². The van der Waals surface area contributed by atoms with Crippen LogP contribution in [0.2, 0.25) is 0 Å². The maximum Gasteiger partial charge on any atom is 0.639 e. The molecule has 0 amide bonds. The molecule has 0 atom stereocenters. The molecule has 1 heterocycles. The molecule has 2 aromatic carbocycles. The highest BCUT2D eigenvalue weighted by Gasteiger charge is 2.23. The third-order valence-electron chi connectivity index (χ3n) is 3.76. The van der Waals surface area contributed by atoms with Crippen LogP contribution in [0.1, 0.15) is 24.0 Å². The first-order valence-corrected chi connectivity index (χ1v) is 8.16. The average Bonchev–Trinajstić information content (AvgIpc) is 2.91. The fraction of sp³-hybridized carbons (Fsp3) is 0.278. The second-order valence-corrected chi connectivity index (χ2v) is 5.65. The molecule has 3 rings (SSSR count). The van der Waals surface area contributed by atoms with E-state index < -0.39 is 7.32 Å². The lowest BCUT2D eigenvalue weighted by Crippen LogP contribution is -2.26. The highest BCUT2D eigenvalue weighted by Crippen LogP contribution is 2.26. The Morgan fingerprint density at radius 1 is 1.04 bits per heavy atom. The Hall–Kier alpha value is -2.53. The molecule has 1 aliphatic heterocycles. The van der Waals surface area contributed by atoms with E-state index in [-0.39, 0.29) is 6.61 Å². The second-order valence-electron chi connectivity index (χ2n) is 5.65. The summed E-state index contributed by atoms with van der Waals surface area (Å²) in [7, 11) is -0.662. The van der Waals surface area contributed by atoms with Crippen molar-refractivity contribution in [3.05, 3.63) is 53.6 Å². The molecule has 1 fully saturated rings. The molecule has 0 saturated carbocycles. The molecule has 1 saturated heterocycles. The molecule has 0 bridgehead atoms. The predicted octanol–water partition coefficient (Wildman–Crippen LogP) is 3.26. The molecule has 0 aromatic heterocycles. The second kappa shape index (κ2) is 8.54. The van der Waals surface area contributed by atoms with Gasteiger partial charge in [-0.25, -0.2) is 0 Å². The van der Waals surface area contributed by atoms with Gasteiger partial charge in [-0.1, -0.05) is 0 Å². The number of benzene rings is 2. The maximum atomic E-state index is 8.83. The number of nitrogens with zero attached hydrogens (tertiary/aromatic N) is 1. The summed E-state index contributed by atoms with van der Waals surface area (Å²) >= 11 is 0. The van der Waals surface area contributed by atoms with Gasteiger partial charge in [0.2, 0.25) is 0 Å². The molecule has 128 valence electrons. The van der Waals surface area contributed by atoms with Crippen LogP contribution in [-0.4, -0.2) is 20.5 Å².